The smallest absolute Gasteiger partial charge is 0.151 e. The molecule has 0 aromatic carbocycles. The molecule has 1 N–H and O–H groups in total. The van der Waals surface area contributed by atoms with Gasteiger partial charge in [0.05, 0.1) is 35.9 Å². The fourth-order valence-electron chi connectivity index (χ4n) is 2.75. The fraction of sp³-hybridized carbons (Fsp3) is 0.571. The normalized spacial score (nSPS) is 20.5. The van der Waals surface area contributed by atoms with Crippen LogP contribution < -0.4 is 5.32 Å². The molecule has 8 heteroatoms. The molecule has 1 atom stereocenters. The van der Waals surface area contributed by atoms with E-state index in [0.29, 0.717) is 12.2 Å². The molecule has 3 heterocycles. The predicted molar refractivity (Wildman–Crippen MR) is 84.2 cm³/mol. The lowest BCUT2D eigenvalue weighted by Gasteiger charge is -2.12. The van der Waals surface area contributed by atoms with Crippen molar-refractivity contribution in [1.82, 2.24) is 24.6 Å². The molecule has 1 unspecified atom stereocenters. The van der Waals surface area contributed by atoms with E-state index in [2.05, 4.69) is 20.0 Å². The van der Waals surface area contributed by atoms with E-state index >= 15 is 0 Å². The number of aryl methyl sites for hydroxylation is 1. The zero-order valence-corrected chi connectivity index (χ0v) is 13.5. The molecular weight excluding hydrogens is 302 g/mol. The first-order valence-corrected chi connectivity index (χ1v) is 9.36. The predicted octanol–water partition coefficient (Wildman–Crippen LogP) is 0.543. The number of sulfone groups is 1. The largest absolute Gasteiger partial charge is 0.329 e. The van der Waals surface area contributed by atoms with Crippen LogP contribution in [-0.4, -0.2) is 51.8 Å². The van der Waals surface area contributed by atoms with Crippen LogP contribution in [0, 0.1) is 0 Å². The average molecular weight is 323 g/mol. The summed E-state index contributed by atoms with van der Waals surface area (Å²) in [5.74, 6) is 0.560. The maximum atomic E-state index is 11.4. The summed E-state index contributed by atoms with van der Waals surface area (Å²) in [4.78, 5) is 4.21. The van der Waals surface area contributed by atoms with Gasteiger partial charge in [0.15, 0.2) is 9.84 Å². The van der Waals surface area contributed by atoms with Crippen molar-refractivity contribution in [2.24, 2.45) is 0 Å². The van der Waals surface area contributed by atoms with E-state index in [9.17, 15) is 8.42 Å². The van der Waals surface area contributed by atoms with Crippen LogP contribution in [0.5, 0.6) is 0 Å². The van der Waals surface area contributed by atoms with Gasteiger partial charge in [0.1, 0.15) is 0 Å². The maximum Gasteiger partial charge on any atom is 0.151 e. The number of hydrogen-bond donors (Lipinski definition) is 1. The van der Waals surface area contributed by atoms with Crippen molar-refractivity contribution in [2.75, 3.05) is 18.1 Å². The molecule has 120 valence electrons. The summed E-state index contributed by atoms with van der Waals surface area (Å²) in [5.41, 5.74) is 2.07. The summed E-state index contributed by atoms with van der Waals surface area (Å²) in [5, 5.41) is 7.61. The molecule has 22 heavy (non-hydrogen) atoms. The molecular formula is C14H21N5O2S. The minimum absolute atomic E-state index is 0.0832. The van der Waals surface area contributed by atoms with E-state index in [4.69, 9.17) is 0 Å². The Morgan fingerprint density at radius 3 is 2.95 bits per heavy atom. The highest BCUT2D eigenvalue weighted by atomic mass is 32.2. The molecule has 7 nitrogen and oxygen atoms in total. The topological polar surface area (TPSA) is 81.8 Å². The molecule has 2 aromatic heterocycles. The second-order valence-corrected chi connectivity index (χ2v) is 7.84. The Balaban J connectivity index is 1.59. The third-order valence-corrected chi connectivity index (χ3v) is 5.75. The van der Waals surface area contributed by atoms with Crippen LogP contribution in [0.25, 0.3) is 11.3 Å². The Morgan fingerprint density at radius 1 is 1.41 bits per heavy atom. The van der Waals surface area contributed by atoms with E-state index in [1.807, 2.05) is 30.2 Å². The third-order valence-electron chi connectivity index (χ3n) is 3.98. The van der Waals surface area contributed by atoms with Crippen molar-refractivity contribution in [3.63, 3.8) is 0 Å². The minimum Gasteiger partial charge on any atom is -0.329 e. The van der Waals surface area contributed by atoms with E-state index in [1.165, 1.54) is 0 Å². The highest BCUT2D eigenvalue weighted by Gasteiger charge is 2.27. The molecule has 0 saturated carbocycles. The van der Waals surface area contributed by atoms with Crippen molar-refractivity contribution >= 4 is 9.84 Å². The molecule has 0 amide bonds. The summed E-state index contributed by atoms with van der Waals surface area (Å²) < 4.78 is 26.8. The van der Waals surface area contributed by atoms with Gasteiger partial charge < -0.3 is 9.88 Å². The Labute approximate surface area is 130 Å². The van der Waals surface area contributed by atoms with Crippen LogP contribution in [0.3, 0.4) is 0 Å². The van der Waals surface area contributed by atoms with Gasteiger partial charge in [-0.05, 0) is 13.3 Å². The molecule has 0 bridgehead atoms. The summed E-state index contributed by atoms with van der Waals surface area (Å²) in [6.07, 6.45) is 8.18. The molecule has 2 aromatic rings. The van der Waals surface area contributed by atoms with Crippen molar-refractivity contribution in [1.29, 1.82) is 0 Å². The van der Waals surface area contributed by atoms with Crippen LogP contribution in [-0.2, 0) is 22.9 Å². The van der Waals surface area contributed by atoms with Crippen molar-refractivity contribution in [3.8, 4) is 11.3 Å². The van der Waals surface area contributed by atoms with Gasteiger partial charge in [-0.1, -0.05) is 0 Å². The monoisotopic (exact) mass is 323 g/mol. The van der Waals surface area contributed by atoms with Crippen LogP contribution in [0.15, 0.2) is 24.9 Å². The first-order chi connectivity index (χ1) is 10.6. The van der Waals surface area contributed by atoms with E-state index in [1.54, 1.807) is 6.33 Å². The lowest BCUT2D eigenvalue weighted by atomic mass is 10.2. The lowest BCUT2D eigenvalue weighted by molar-refractivity contribution is 0.521. The van der Waals surface area contributed by atoms with Crippen LogP contribution >= 0.6 is 0 Å². The second-order valence-electron chi connectivity index (χ2n) is 5.61. The van der Waals surface area contributed by atoms with Crippen molar-refractivity contribution in [2.45, 2.75) is 32.5 Å². The van der Waals surface area contributed by atoms with E-state index in [-0.39, 0.29) is 11.8 Å². The molecule has 1 aliphatic rings. The van der Waals surface area contributed by atoms with Crippen LogP contribution in [0.2, 0.25) is 0 Å². The van der Waals surface area contributed by atoms with Gasteiger partial charge >= 0.3 is 0 Å². The molecule has 1 fully saturated rings. The van der Waals surface area contributed by atoms with Gasteiger partial charge in [-0.25, -0.2) is 13.4 Å². The standard InChI is InChI=1S/C14H21N5O2S/c1-2-19-9-12(7-17-19)14-8-15-11-18(14)5-4-16-13-3-6-22(20,21)10-13/h7-9,11,13,16H,2-6,10H2,1H3. The Kier molecular flexibility index (Phi) is 4.30. The van der Waals surface area contributed by atoms with Gasteiger partial charge in [-0.15, -0.1) is 0 Å². The Hall–Kier alpha value is -1.67. The highest BCUT2D eigenvalue weighted by molar-refractivity contribution is 7.91. The molecule has 0 aliphatic carbocycles. The van der Waals surface area contributed by atoms with Crippen molar-refractivity contribution < 1.29 is 8.42 Å². The number of imidazole rings is 1. The van der Waals surface area contributed by atoms with E-state index in [0.717, 1.165) is 30.9 Å². The van der Waals surface area contributed by atoms with E-state index < -0.39 is 9.84 Å². The number of hydrogen-bond acceptors (Lipinski definition) is 5. The summed E-state index contributed by atoms with van der Waals surface area (Å²) in [6.45, 7) is 4.37. The zero-order chi connectivity index (χ0) is 15.6. The van der Waals surface area contributed by atoms with Gasteiger partial charge in [-0.2, -0.15) is 5.10 Å². The van der Waals surface area contributed by atoms with Gasteiger partial charge in [0.25, 0.3) is 0 Å². The maximum absolute atomic E-state index is 11.4. The van der Waals surface area contributed by atoms with Crippen molar-refractivity contribution in [3.05, 3.63) is 24.9 Å². The van der Waals surface area contributed by atoms with Crippen LogP contribution in [0.1, 0.15) is 13.3 Å². The number of nitrogens with one attached hydrogen (secondary N) is 1. The second kappa shape index (κ2) is 6.21. The quantitative estimate of drug-likeness (QED) is 0.839. The summed E-state index contributed by atoms with van der Waals surface area (Å²) in [7, 11) is -2.82. The molecule has 1 aliphatic heterocycles. The zero-order valence-electron chi connectivity index (χ0n) is 12.6. The van der Waals surface area contributed by atoms with Gasteiger partial charge in [-0.3, -0.25) is 4.68 Å². The summed E-state index contributed by atoms with van der Waals surface area (Å²) >= 11 is 0. The fourth-order valence-corrected chi connectivity index (χ4v) is 4.46. The molecule has 3 rings (SSSR count). The SMILES string of the molecule is CCn1cc(-c2cncn2CCNC2CCS(=O)(=O)C2)cn1. The lowest BCUT2D eigenvalue weighted by Crippen LogP contribution is -2.32. The summed E-state index contributed by atoms with van der Waals surface area (Å²) in [6, 6.07) is 0.0832. The first kappa shape index (κ1) is 15.2. The molecule has 1 saturated heterocycles. The average Bonchev–Trinajstić information content (AvgIpc) is 3.18. The minimum atomic E-state index is -2.82. The number of nitrogens with zero attached hydrogens (tertiary/aromatic N) is 4. The van der Waals surface area contributed by atoms with Gasteiger partial charge in [0.2, 0.25) is 0 Å². The first-order valence-electron chi connectivity index (χ1n) is 7.54. The highest BCUT2D eigenvalue weighted by Crippen LogP contribution is 2.18. The third kappa shape index (κ3) is 3.38. The number of aromatic nitrogens is 4. The molecule has 0 spiro atoms. The number of rotatable bonds is 6. The molecule has 0 radical (unpaired) electrons. The van der Waals surface area contributed by atoms with Gasteiger partial charge in [0, 0.05) is 37.4 Å². The Morgan fingerprint density at radius 2 is 2.27 bits per heavy atom. The Bertz CT molecular complexity index is 734. The van der Waals surface area contributed by atoms with Crippen LogP contribution in [0.4, 0.5) is 0 Å².